The van der Waals surface area contributed by atoms with Gasteiger partial charge in [-0.25, -0.2) is 0 Å². The van der Waals surface area contributed by atoms with Gasteiger partial charge in [-0.05, 0) is 74.8 Å². The van der Waals surface area contributed by atoms with E-state index in [4.69, 9.17) is 4.74 Å². The monoisotopic (exact) mass is 309 g/mol. The summed E-state index contributed by atoms with van der Waals surface area (Å²) in [6.45, 7) is 14.1. The maximum Gasteiger partial charge on any atom is 0.0500 e. The van der Waals surface area contributed by atoms with Gasteiger partial charge in [0.05, 0.1) is 0 Å². The molecule has 5 unspecified atom stereocenters. The van der Waals surface area contributed by atoms with E-state index < -0.39 is 0 Å². The van der Waals surface area contributed by atoms with Crippen LogP contribution in [0.1, 0.15) is 60.3 Å². The Kier molecular flexibility index (Phi) is 5.99. The van der Waals surface area contributed by atoms with Crippen LogP contribution >= 0.6 is 0 Å². The molecule has 1 saturated heterocycles. The van der Waals surface area contributed by atoms with E-state index >= 15 is 0 Å². The quantitative estimate of drug-likeness (QED) is 0.750. The first kappa shape index (κ1) is 18.3. The highest BCUT2D eigenvalue weighted by molar-refractivity contribution is 4.95. The van der Waals surface area contributed by atoms with Crippen LogP contribution in [0.4, 0.5) is 0 Å². The predicted octanol–water partition coefficient (Wildman–Crippen LogP) is 4.69. The molecule has 0 aromatic heterocycles. The fourth-order valence-corrected chi connectivity index (χ4v) is 5.19. The summed E-state index contributed by atoms with van der Waals surface area (Å²) in [5, 5.41) is 0. The molecule has 0 radical (unpaired) electrons. The molecule has 2 fully saturated rings. The third kappa shape index (κ3) is 4.06. The molecular formula is C20H39NO. The third-order valence-corrected chi connectivity index (χ3v) is 6.57. The molecule has 2 rings (SSSR count). The molecule has 1 aliphatic heterocycles. The minimum Gasteiger partial charge on any atom is -0.381 e. The molecule has 1 aliphatic carbocycles. The van der Waals surface area contributed by atoms with Crippen LogP contribution in [0.3, 0.4) is 0 Å². The van der Waals surface area contributed by atoms with Crippen molar-refractivity contribution < 1.29 is 4.74 Å². The van der Waals surface area contributed by atoms with Crippen molar-refractivity contribution in [1.82, 2.24) is 4.90 Å². The maximum absolute atomic E-state index is 5.97. The minimum atomic E-state index is 0.399. The number of rotatable bonds is 3. The highest BCUT2D eigenvalue weighted by Gasteiger charge is 2.44. The first-order valence-electron chi connectivity index (χ1n) is 9.46. The van der Waals surface area contributed by atoms with Gasteiger partial charge in [-0.1, -0.05) is 34.6 Å². The molecule has 0 N–H and O–H groups in total. The van der Waals surface area contributed by atoms with Gasteiger partial charge in [0.2, 0.25) is 0 Å². The van der Waals surface area contributed by atoms with Crippen molar-refractivity contribution in [2.24, 2.45) is 35.0 Å². The molecule has 0 aromatic rings. The second kappa shape index (κ2) is 7.21. The fraction of sp³-hybridized carbons (Fsp3) is 1.00. The van der Waals surface area contributed by atoms with E-state index in [9.17, 15) is 0 Å². The van der Waals surface area contributed by atoms with Crippen LogP contribution in [0, 0.1) is 35.0 Å². The van der Waals surface area contributed by atoms with Crippen LogP contribution < -0.4 is 0 Å². The lowest BCUT2D eigenvalue weighted by atomic mass is 9.60. The normalized spacial score (nSPS) is 37.8. The van der Waals surface area contributed by atoms with Crippen LogP contribution in [0.2, 0.25) is 0 Å². The van der Waals surface area contributed by atoms with Crippen molar-refractivity contribution in [3.05, 3.63) is 0 Å². The number of ether oxygens (including phenoxy) is 1. The first-order chi connectivity index (χ1) is 10.2. The minimum absolute atomic E-state index is 0.399. The van der Waals surface area contributed by atoms with Gasteiger partial charge in [-0.2, -0.15) is 0 Å². The standard InChI is InChI=1S/C20H39NO/c1-14(2)15-8-9-19(21(6)7)16(12-15)17-13-22-11-10-18(17)20(3,4)5/h14-19H,8-13H2,1-7H3. The van der Waals surface area contributed by atoms with Crippen LogP contribution in [0.25, 0.3) is 0 Å². The van der Waals surface area contributed by atoms with Crippen molar-refractivity contribution in [1.29, 1.82) is 0 Å². The average Bonchev–Trinajstić information content (AvgIpc) is 2.45. The SMILES string of the molecule is CC(C)C1CCC(N(C)C)C(C2COCCC2C(C)(C)C)C1. The van der Waals surface area contributed by atoms with Crippen LogP contribution in [-0.2, 0) is 4.74 Å². The van der Waals surface area contributed by atoms with E-state index in [-0.39, 0.29) is 0 Å². The van der Waals surface area contributed by atoms with E-state index in [1.54, 1.807) is 0 Å². The Morgan fingerprint density at radius 3 is 2.23 bits per heavy atom. The highest BCUT2D eigenvalue weighted by Crippen LogP contribution is 2.47. The van der Waals surface area contributed by atoms with Gasteiger partial charge in [0.1, 0.15) is 0 Å². The Bertz CT molecular complexity index is 344. The van der Waals surface area contributed by atoms with Gasteiger partial charge in [0, 0.05) is 19.3 Å². The smallest absolute Gasteiger partial charge is 0.0500 e. The Morgan fingerprint density at radius 2 is 1.68 bits per heavy atom. The zero-order chi connectivity index (χ0) is 16.5. The van der Waals surface area contributed by atoms with E-state index in [0.717, 1.165) is 48.8 Å². The molecule has 0 bridgehead atoms. The van der Waals surface area contributed by atoms with Gasteiger partial charge in [0.15, 0.2) is 0 Å². The summed E-state index contributed by atoms with van der Waals surface area (Å²) in [6.07, 6.45) is 5.43. The van der Waals surface area contributed by atoms with Gasteiger partial charge >= 0.3 is 0 Å². The van der Waals surface area contributed by atoms with Crippen LogP contribution in [-0.4, -0.2) is 38.3 Å². The maximum atomic E-state index is 5.97. The van der Waals surface area contributed by atoms with Crippen molar-refractivity contribution in [2.45, 2.75) is 66.3 Å². The van der Waals surface area contributed by atoms with Gasteiger partial charge in [0.25, 0.3) is 0 Å². The molecule has 2 nitrogen and oxygen atoms in total. The van der Waals surface area contributed by atoms with Crippen LogP contribution in [0.15, 0.2) is 0 Å². The molecule has 2 heteroatoms. The lowest BCUT2D eigenvalue weighted by Crippen LogP contribution is -2.50. The van der Waals surface area contributed by atoms with Crippen molar-refractivity contribution in [2.75, 3.05) is 27.3 Å². The van der Waals surface area contributed by atoms with Crippen LogP contribution in [0.5, 0.6) is 0 Å². The number of nitrogens with zero attached hydrogens (tertiary/aromatic N) is 1. The third-order valence-electron chi connectivity index (χ3n) is 6.57. The van der Waals surface area contributed by atoms with Crippen molar-refractivity contribution >= 4 is 0 Å². The summed E-state index contributed by atoms with van der Waals surface area (Å²) < 4.78 is 5.97. The molecule has 0 amide bonds. The average molecular weight is 310 g/mol. The molecular weight excluding hydrogens is 270 g/mol. The molecule has 2 aliphatic rings. The zero-order valence-corrected chi connectivity index (χ0v) is 16.1. The molecule has 0 aromatic carbocycles. The summed E-state index contributed by atoms with van der Waals surface area (Å²) in [5.41, 5.74) is 0.399. The summed E-state index contributed by atoms with van der Waals surface area (Å²) in [6, 6.07) is 0.742. The molecule has 0 spiro atoms. The largest absolute Gasteiger partial charge is 0.381 e. The Balaban J connectivity index is 2.22. The lowest BCUT2D eigenvalue weighted by Gasteiger charge is -2.50. The lowest BCUT2D eigenvalue weighted by molar-refractivity contribution is -0.0765. The zero-order valence-electron chi connectivity index (χ0n) is 16.1. The highest BCUT2D eigenvalue weighted by atomic mass is 16.5. The Morgan fingerprint density at radius 1 is 1.00 bits per heavy atom. The van der Waals surface area contributed by atoms with Crippen molar-refractivity contribution in [3.63, 3.8) is 0 Å². The summed E-state index contributed by atoms with van der Waals surface area (Å²) in [7, 11) is 4.56. The molecule has 22 heavy (non-hydrogen) atoms. The Hall–Kier alpha value is -0.0800. The molecule has 5 atom stereocenters. The Labute approximate surface area is 139 Å². The summed E-state index contributed by atoms with van der Waals surface area (Å²) in [4.78, 5) is 2.50. The molecule has 1 saturated carbocycles. The predicted molar refractivity (Wildman–Crippen MR) is 95.0 cm³/mol. The van der Waals surface area contributed by atoms with Crippen molar-refractivity contribution in [3.8, 4) is 0 Å². The topological polar surface area (TPSA) is 12.5 Å². The fourth-order valence-electron chi connectivity index (χ4n) is 5.19. The van der Waals surface area contributed by atoms with E-state index in [1.165, 1.54) is 25.7 Å². The summed E-state index contributed by atoms with van der Waals surface area (Å²) in [5.74, 6) is 4.08. The summed E-state index contributed by atoms with van der Waals surface area (Å²) >= 11 is 0. The van der Waals surface area contributed by atoms with Gasteiger partial charge < -0.3 is 9.64 Å². The van der Waals surface area contributed by atoms with Gasteiger partial charge in [-0.15, -0.1) is 0 Å². The second-order valence-corrected chi connectivity index (χ2v) is 9.51. The van der Waals surface area contributed by atoms with E-state index in [0.29, 0.717) is 5.41 Å². The van der Waals surface area contributed by atoms with E-state index in [2.05, 4.69) is 53.6 Å². The molecule has 130 valence electrons. The second-order valence-electron chi connectivity index (χ2n) is 9.51. The van der Waals surface area contributed by atoms with Gasteiger partial charge in [-0.3, -0.25) is 0 Å². The van der Waals surface area contributed by atoms with E-state index in [1.807, 2.05) is 0 Å². The number of hydrogen-bond donors (Lipinski definition) is 0. The first-order valence-corrected chi connectivity index (χ1v) is 9.46. The molecule has 1 heterocycles. The number of hydrogen-bond acceptors (Lipinski definition) is 2.